The average molecular weight is 801 g/mol. The lowest BCUT2D eigenvalue weighted by atomic mass is 10.00. The molecule has 0 aromatic heterocycles. The summed E-state index contributed by atoms with van der Waals surface area (Å²) in [7, 11) is 0. The Morgan fingerprint density at radius 2 is 0.982 bits per heavy atom. The van der Waals surface area contributed by atoms with Crippen molar-refractivity contribution < 1.29 is 55.9 Å². The average Bonchev–Trinajstić information content (AvgIpc) is 3.23. The first-order valence-corrected chi connectivity index (χ1v) is 19.7. The number of aliphatic hydroxyl groups excluding tert-OH is 10. The number of rotatable bonds is 28. The Kier molecular flexibility index (Phi) is 21.6. The molecule has 14 N–H and O–H groups in total. The fourth-order valence-corrected chi connectivity index (χ4v) is 6.39. The van der Waals surface area contributed by atoms with E-state index in [1.165, 1.54) is 27.2 Å². The van der Waals surface area contributed by atoms with Gasteiger partial charge in [0.15, 0.2) is 0 Å². The maximum atomic E-state index is 12.5. The quantitative estimate of drug-likeness (QED) is 0.0389. The number of aliphatic hydroxyl groups is 10. The van der Waals surface area contributed by atoms with Gasteiger partial charge in [-0.1, -0.05) is 60.7 Å². The van der Waals surface area contributed by atoms with Crippen LogP contribution in [0.25, 0.3) is 11.1 Å². The third-order valence-corrected chi connectivity index (χ3v) is 10.0. The van der Waals surface area contributed by atoms with Crippen LogP contribution in [-0.2, 0) is 24.1 Å². The number of benzene rings is 3. The van der Waals surface area contributed by atoms with Crippen molar-refractivity contribution in [3.63, 3.8) is 0 Å². The molecule has 0 aliphatic rings. The smallest absolute Gasteiger partial charge is 0.239 e. The minimum absolute atomic E-state index is 0.102. The van der Waals surface area contributed by atoms with Gasteiger partial charge in [-0.25, -0.2) is 0 Å². The van der Waals surface area contributed by atoms with Crippen LogP contribution in [0, 0.1) is 0 Å². The lowest BCUT2D eigenvalue weighted by molar-refractivity contribution is -0.130. The lowest BCUT2D eigenvalue weighted by Gasteiger charge is -2.33. The lowest BCUT2D eigenvalue weighted by Crippen LogP contribution is -2.53. The van der Waals surface area contributed by atoms with Crippen molar-refractivity contribution in [3.05, 3.63) is 89.5 Å². The number of hydrogen-bond donors (Lipinski definition) is 13. The van der Waals surface area contributed by atoms with Crippen LogP contribution in [-0.4, -0.2) is 163 Å². The maximum Gasteiger partial charge on any atom is 0.239 e. The Labute approximate surface area is 335 Å². The van der Waals surface area contributed by atoms with Gasteiger partial charge in [0.25, 0.3) is 0 Å². The van der Waals surface area contributed by atoms with Crippen LogP contribution in [0.4, 0.5) is 5.69 Å². The minimum Gasteiger partial charge on any atom is -0.394 e. The van der Waals surface area contributed by atoms with Crippen molar-refractivity contribution >= 4 is 11.6 Å². The Hall–Kier alpha value is -3.55. The molecule has 8 atom stereocenters. The van der Waals surface area contributed by atoms with Crippen LogP contribution >= 0.6 is 0 Å². The van der Waals surface area contributed by atoms with Gasteiger partial charge in [0, 0.05) is 25.3 Å². The molecule has 0 unspecified atom stereocenters. The monoisotopic (exact) mass is 800 g/mol. The summed E-state index contributed by atoms with van der Waals surface area (Å²) >= 11 is 0. The molecular formula is C42H64N4O11. The number of carbonyl (C=O) groups excluding carboxylic acids is 1. The highest BCUT2D eigenvalue weighted by Crippen LogP contribution is 2.22. The SMILES string of the molecule is NCCCCc1ccc(-c2ccc(CCCNC(=O)CNc3ccc(CCCN(C[C@H](O)[C@@H](O)[C@H](O)[C@H](O)CO)C[C@H](O)[C@@H](O)[C@H](O)[C@H](O)CO)cc3)cc2)cc1. The van der Waals surface area contributed by atoms with Gasteiger partial charge < -0.3 is 67.4 Å². The highest BCUT2D eigenvalue weighted by Gasteiger charge is 2.34. The second-order valence-corrected chi connectivity index (χ2v) is 14.6. The van der Waals surface area contributed by atoms with Crippen LogP contribution < -0.4 is 16.4 Å². The van der Waals surface area contributed by atoms with Gasteiger partial charge in [-0.05, 0) is 98.0 Å². The van der Waals surface area contributed by atoms with Gasteiger partial charge in [-0.15, -0.1) is 0 Å². The van der Waals surface area contributed by atoms with Crippen molar-refractivity contribution in [2.24, 2.45) is 5.73 Å². The highest BCUT2D eigenvalue weighted by molar-refractivity contribution is 5.80. The van der Waals surface area contributed by atoms with Crippen LogP contribution in [0.3, 0.4) is 0 Å². The molecule has 0 radical (unpaired) electrons. The number of hydrogen-bond acceptors (Lipinski definition) is 14. The van der Waals surface area contributed by atoms with E-state index in [1.807, 2.05) is 24.3 Å². The molecule has 0 aliphatic heterocycles. The standard InChI is InChI=1S/C42H64N4O11/c43-20-2-1-5-28-8-14-31(15-9-28)32-16-10-29(11-17-32)6-3-21-44-38(53)23-45-33-18-12-30(13-19-33)7-4-22-46(24-34(49)39(54)41(56)36(51)26-47)25-35(50)40(55)42(57)37(52)27-48/h8-19,34-37,39-42,45,47-52,54-57H,1-7,20-27,43H2,(H,44,53)/t34-,35-,36+,37+,39+,40+,41+,42+/m0/s1. The van der Waals surface area contributed by atoms with E-state index in [2.05, 4.69) is 59.2 Å². The number of anilines is 1. The Bertz CT molecular complexity index is 1500. The molecule has 1 amide bonds. The van der Waals surface area contributed by atoms with Crippen molar-refractivity contribution in [2.75, 3.05) is 57.8 Å². The molecule has 0 heterocycles. The molecule has 0 spiro atoms. The van der Waals surface area contributed by atoms with Crippen LogP contribution in [0.15, 0.2) is 72.8 Å². The molecule has 0 aliphatic carbocycles. The first-order chi connectivity index (χ1) is 27.4. The fourth-order valence-electron chi connectivity index (χ4n) is 6.39. The second kappa shape index (κ2) is 25.7. The number of aryl methyl sites for hydroxylation is 3. The van der Waals surface area contributed by atoms with Gasteiger partial charge in [0.2, 0.25) is 5.91 Å². The minimum atomic E-state index is -1.86. The molecule has 0 bridgehead atoms. The van der Waals surface area contributed by atoms with Gasteiger partial charge in [-0.3, -0.25) is 9.69 Å². The molecule has 15 heteroatoms. The Balaban J connectivity index is 1.41. The van der Waals surface area contributed by atoms with Crippen LogP contribution in [0.5, 0.6) is 0 Å². The highest BCUT2D eigenvalue weighted by atomic mass is 16.4. The van der Waals surface area contributed by atoms with Crippen LogP contribution in [0.2, 0.25) is 0 Å². The van der Waals surface area contributed by atoms with Gasteiger partial charge in [0.05, 0.1) is 32.0 Å². The molecule has 0 saturated carbocycles. The van der Waals surface area contributed by atoms with Crippen molar-refractivity contribution in [3.8, 4) is 11.1 Å². The van der Waals surface area contributed by atoms with E-state index in [4.69, 9.17) is 15.9 Å². The van der Waals surface area contributed by atoms with E-state index >= 15 is 0 Å². The second-order valence-electron chi connectivity index (χ2n) is 14.6. The summed E-state index contributed by atoms with van der Waals surface area (Å²) in [6.45, 7) is -0.778. The third kappa shape index (κ3) is 16.7. The maximum absolute atomic E-state index is 12.5. The summed E-state index contributed by atoms with van der Waals surface area (Å²) in [5.41, 5.74) is 12.2. The Morgan fingerprint density at radius 1 is 0.561 bits per heavy atom. The number of nitrogens with two attached hydrogens (primary N) is 1. The number of nitrogens with zero attached hydrogens (tertiary/aromatic N) is 1. The van der Waals surface area contributed by atoms with Gasteiger partial charge in [-0.2, -0.15) is 0 Å². The summed E-state index contributed by atoms with van der Waals surface area (Å²) in [6.07, 6.45) is -8.27. The molecule has 3 rings (SSSR count). The zero-order valence-electron chi connectivity index (χ0n) is 32.6. The van der Waals surface area contributed by atoms with Crippen LogP contribution in [0.1, 0.15) is 42.4 Å². The van der Waals surface area contributed by atoms with E-state index in [-0.39, 0.29) is 32.1 Å². The van der Waals surface area contributed by atoms with E-state index in [0.717, 1.165) is 49.9 Å². The summed E-state index contributed by atoms with van der Waals surface area (Å²) < 4.78 is 0. The molecule has 57 heavy (non-hydrogen) atoms. The zero-order chi connectivity index (χ0) is 41.7. The summed E-state index contributed by atoms with van der Waals surface area (Å²) in [5, 5.41) is 105. The van der Waals surface area contributed by atoms with E-state index in [1.54, 1.807) is 0 Å². The predicted octanol–water partition coefficient (Wildman–Crippen LogP) is -1.10. The van der Waals surface area contributed by atoms with Crippen molar-refractivity contribution in [1.82, 2.24) is 10.2 Å². The molecule has 15 nitrogen and oxygen atoms in total. The number of nitrogens with one attached hydrogen (secondary N) is 2. The van der Waals surface area contributed by atoms with E-state index < -0.39 is 62.0 Å². The largest absolute Gasteiger partial charge is 0.394 e. The first-order valence-electron chi connectivity index (χ1n) is 19.7. The summed E-state index contributed by atoms with van der Waals surface area (Å²) in [5.74, 6) is -0.127. The fraction of sp³-hybridized carbons (Fsp3) is 0.548. The third-order valence-electron chi connectivity index (χ3n) is 10.0. The molecule has 3 aromatic rings. The molecule has 0 fully saturated rings. The van der Waals surface area contributed by atoms with Crippen molar-refractivity contribution in [1.29, 1.82) is 0 Å². The topological polar surface area (TPSA) is 273 Å². The van der Waals surface area contributed by atoms with E-state index in [0.29, 0.717) is 19.4 Å². The molecule has 3 aromatic carbocycles. The van der Waals surface area contributed by atoms with Gasteiger partial charge >= 0.3 is 0 Å². The summed E-state index contributed by atoms with van der Waals surface area (Å²) in [6, 6.07) is 24.6. The number of amides is 1. The molecular weight excluding hydrogens is 736 g/mol. The Morgan fingerprint density at radius 3 is 1.44 bits per heavy atom. The zero-order valence-corrected chi connectivity index (χ0v) is 32.6. The summed E-state index contributed by atoms with van der Waals surface area (Å²) in [4.78, 5) is 13.9. The normalized spacial score (nSPS) is 16.0. The van der Waals surface area contributed by atoms with Gasteiger partial charge in [0.1, 0.15) is 36.6 Å². The van der Waals surface area contributed by atoms with E-state index in [9.17, 15) is 45.6 Å². The molecule has 318 valence electrons. The van der Waals surface area contributed by atoms with Crippen molar-refractivity contribution in [2.45, 2.75) is 93.8 Å². The predicted molar refractivity (Wildman–Crippen MR) is 217 cm³/mol. The molecule has 0 saturated heterocycles. The number of carbonyl (C=O) groups is 1. The first kappa shape index (κ1) is 47.8. The number of unbranched alkanes of at least 4 members (excludes halogenated alkanes) is 1.